The number of carbonyl (C=O) groups is 3. The van der Waals surface area contributed by atoms with Gasteiger partial charge in [-0.05, 0) is 32.1 Å². The van der Waals surface area contributed by atoms with E-state index in [1.807, 2.05) is 27.7 Å². The van der Waals surface area contributed by atoms with E-state index < -0.39 is 24.1 Å². The largest absolute Gasteiger partial charge is 0.384 e. The van der Waals surface area contributed by atoms with E-state index in [1.54, 1.807) is 7.05 Å². The summed E-state index contributed by atoms with van der Waals surface area (Å²) in [7, 11) is 1.65. The Kier molecular flexibility index (Phi) is 7.39. The van der Waals surface area contributed by atoms with Crippen molar-refractivity contribution in [3.05, 3.63) is 0 Å². The highest BCUT2D eigenvalue weighted by Gasteiger charge is 2.39. The van der Waals surface area contributed by atoms with Crippen LogP contribution >= 0.6 is 0 Å². The summed E-state index contributed by atoms with van der Waals surface area (Å²) in [6.45, 7) is 9.62. The first-order chi connectivity index (χ1) is 11.1. The Hall–Kier alpha value is -1.43. The molecule has 1 rings (SSSR count). The minimum atomic E-state index is -1.12. The van der Waals surface area contributed by atoms with Gasteiger partial charge in [-0.2, -0.15) is 0 Å². The second kappa shape index (κ2) is 8.60. The standard InChI is InChI=1S/C18H32N2O4/c1-11(2)10-15(16(22)12(3)4)19(6)18(24)14-8-7-9-20(14)17(23)13(5)21/h11-15,21H,7-10H2,1-6H3/t13-,14-,15+/m0/s1. The minimum Gasteiger partial charge on any atom is -0.384 e. The van der Waals surface area contributed by atoms with Gasteiger partial charge in [0, 0.05) is 19.5 Å². The van der Waals surface area contributed by atoms with Crippen molar-refractivity contribution in [2.24, 2.45) is 11.8 Å². The van der Waals surface area contributed by atoms with Gasteiger partial charge in [0.1, 0.15) is 12.1 Å². The van der Waals surface area contributed by atoms with Gasteiger partial charge < -0.3 is 14.9 Å². The minimum absolute atomic E-state index is 0.0472. The number of aliphatic hydroxyl groups excluding tert-OH is 1. The van der Waals surface area contributed by atoms with Gasteiger partial charge in [0.2, 0.25) is 5.91 Å². The first kappa shape index (κ1) is 20.6. The molecule has 0 aromatic carbocycles. The zero-order valence-electron chi connectivity index (χ0n) is 15.8. The van der Waals surface area contributed by atoms with Crippen LogP contribution in [-0.2, 0) is 14.4 Å². The van der Waals surface area contributed by atoms with Gasteiger partial charge in [0.15, 0.2) is 5.78 Å². The average Bonchev–Trinajstić information content (AvgIpc) is 2.98. The maximum Gasteiger partial charge on any atom is 0.251 e. The normalized spacial score (nSPS) is 20.4. The summed E-state index contributed by atoms with van der Waals surface area (Å²) < 4.78 is 0. The van der Waals surface area contributed by atoms with Crippen molar-refractivity contribution in [2.75, 3.05) is 13.6 Å². The number of hydrogen-bond donors (Lipinski definition) is 1. The van der Waals surface area contributed by atoms with Crippen molar-refractivity contribution in [3.8, 4) is 0 Å². The van der Waals surface area contributed by atoms with E-state index in [0.717, 1.165) is 6.42 Å². The molecule has 0 spiro atoms. The molecule has 0 aromatic rings. The number of likely N-dealkylation sites (tertiary alicyclic amines) is 1. The third-order valence-electron chi connectivity index (χ3n) is 4.59. The van der Waals surface area contributed by atoms with Crippen LogP contribution in [-0.4, -0.2) is 64.3 Å². The molecule has 0 saturated carbocycles. The monoisotopic (exact) mass is 340 g/mol. The van der Waals surface area contributed by atoms with Crippen molar-refractivity contribution in [1.82, 2.24) is 9.80 Å². The zero-order chi connectivity index (χ0) is 18.6. The van der Waals surface area contributed by atoms with E-state index in [9.17, 15) is 19.5 Å². The number of Topliss-reactive ketones (excluding diaryl/α,β-unsaturated/α-hetero) is 1. The number of likely N-dealkylation sites (N-methyl/N-ethyl adjacent to an activating group) is 1. The molecular weight excluding hydrogens is 308 g/mol. The Morgan fingerprint density at radius 2 is 1.75 bits per heavy atom. The Morgan fingerprint density at radius 1 is 1.17 bits per heavy atom. The van der Waals surface area contributed by atoms with E-state index in [-0.39, 0.29) is 23.5 Å². The number of nitrogens with zero attached hydrogens (tertiary/aromatic N) is 2. The first-order valence-corrected chi connectivity index (χ1v) is 8.86. The van der Waals surface area contributed by atoms with Crippen LogP contribution in [0, 0.1) is 11.8 Å². The molecule has 1 N–H and O–H groups in total. The molecule has 1 aliphatic rings. The van der Waals surface area contributed by atoms with Gasteiger partial charge in [-0.3, -0.25) is 14.4 Å². The van der Waals surface area contributed by atoms with Gasteiger partial charge in [-0.25, -0.2) is 0 Å². The van der Waals surface area contributed by atoms with E-state index in [4.69, 9.17) is 0 Å². The highest BCUT2D eigenvalue weighted by molar-refractivity contribution is 5.94. The third-order valence-corrected chi connectivity index (χ3v) is 4.59. The van der Waals surface area contributed by atoms with Gasteiger partial charge in [-0.15, -0.1) is 0 Å². The summed E-state index contributed by atoms with van der Waals surface area (Å²) in [5, 5.41) is 9.54. The highest BCUT2D eigenvalue weighted by atomic mass is 16.3. The van der Waals surface area contributed by atoms with Gasteiger partial charge in [0.25, 0.3) is 5.91 Å². The highest BCUT2D eigenvalue weighted by Crippen LogP contribution is 2.23. The van der Waals surface area contributed by atoms with Gasteiger partial charge in [-0.1, -0.05) is 27.7 Å². The predicted molar refractivity (Wildman–Crippen MR) is 92.3 cm³/mol. The number of aliphatic hydroxyl groups is 1. The molecule has 1 saturated heterocycles. The second-order valence-electron chi connectivity index (χ2n) is 7.52. The molecule has 1 heterocycles. The van der Waals surface area contributed by atoms with Crippen LogP contribution in [0.4, 0.5) is 0 Å². The van der Waals surface area contributed by atoms with Crippen LogP contribution in [0.1, 0.15) is 53.9 Å². The van der Waals surface area contributed by atoms with Crippen molar-refractivity contribution < 1.29 is 19.5 Å². The fourth-order valence-electron chi connectivity index (χ4n) is 3.21. The lowest BCUT2D eigenvalue weighted by atomic mass is 9.92. The Balaban J connectivity index is 2.96. The molecule has 0 bridgehead atoms. The molecule has 6 nitrogen and oxygen atoms in total. The summed E-state index contributed by atoms with van der Waals surface area (Å²) in [4.78, 5) is 40.6. The van der Waals surface area contributed by atoms with Crippen LogP contribution in [0.25, 0.3) is 0 Å². The summed E-state index contributed by atoms with van der Waals surface area (Å²) in [5.41, 5.74) is 0. The number of ketones is 1. The molecule has 1 fully saturated rings. The number of amides is 2. The Morgan fingerprint density at radius 3 is 2.21 bits per heavy atom. The van der Waals surface area contributed by atoms with Crippen molar-refractivity contribution in [3.63, 3.8) is 0 Å². The lowest BCUT2D eigenvalue weighted by Crippen LogP contribution is -2.53. The predicted octanol–water partition coefficient (Wildman–Crippen LogP) is 1.46. The van der Waals surface area contributed by atoms with Crippen LogP contribution in [0.3, 0.4) is 0 Å². The Bertz CT molecular complexity index is 474. The van der Waals surface area contributed by atoms with Crippen molar-refractivity contribution in [2.45, 2.75) is 72.1 Å². The molecule has 2 amide bonds. The molecule has 0 radical (unpaired) electrons. The van der Waals surface area contributed by atoms with Gasteiger partial charge >= 0.3 is 0 Å². The molecule has 3 atom stereocenters. The number of hydrogen-bond acceptors (Lipinski definition) is 4. The maximum atomic E-state index is 12.9. The lowest BCUT2D eigenvalue weighted by Gasteiger charge is -2.34. The van der Waals surface area contributed by atoms with Crippen molar-refractivity contribution in [1.29, 1.82) is 0 Å². The molecule has 0 aromatic heterocycles. The topological polar surface area (TPSA) is 77.9 Å². The molecule has 0 aliphatic carbocycles. The molecular formula is C18H32N2O4. The SMILES string of the molecule is CC(C)C[C@H](C(=O)C(C)C)N(C)C(=O)[C@@H]1CCCN1C(=O)[C@H](C)O. The van der Waals surface area contributed by atoms with Gasteiger partial charge in [0.05, 0.1) is 6.04 Å². The van der Waals surface area contributed by atoms with Crippen LogP contribution < -0.4 is 0 Å². The first-order valence-electron chi connectivity index (χ1n) is 8.86. The molecule has 24 heavy (non-hydrogen) atoms. The summed E-state index contributed by atoms with van der Waals surface area (Å²) >= 11 is 0. The third kappa shape index (κ3) is 4.79. The van der Waals surface area contributed by atoms with Crippen LogP contribution in [0.15, 0.2) is 0 Å². The van der Waals surface area contributed by atoms with Crippen molar-refractivity contribution >= 4 is 17.6 Å². The fraction of sp³-hybridized carbons (Fsp3) is 0.833. The second-order valence-corrected chi connectivity index (χ2v) is 7.52. The fourth-order valence-corrected chi connectivity index (χ4v) is 3.21. The average molecular weight is 340 g/mol. The van der Waals surface area contributed by atoms with E-state index in [1.165, 1.54) is 16.7 Å². The summed E-state index contributed by atoms with van der Waals surface area (Å²) in [6, 6.07) is -1.05. The zero-order valence-corrected chi connectivity index (χ0v) is 15.8. The molecule has 1 aliphatic heterocycles. The number of carbonyl (C=O) groups excluding carboxylic acids is 3. The number of rotatable bonds is 7. The maximum absolute atomic E-state index is 12.9. The van der Waals surface area contributed by atoms with E-state index in [2.05, 4.69) is 0 Å². The van der Waals surface area contributed by atoms with Crippen LogP contribution in [0.5, 0.6) is 0 Å². The summed E-state index contributed by atoms with van der Waals surface area (Å²) in [6.07, 6.45) is 0.796. The van der Waals surface area contributed by atoms with E-state index in [0.29, 0.717) is 19.4 Å². The smallest absolute Gasteiger partial charge is 0.251 e. The molecule has 6 heteroatoms. The van der Waals surface area contributed by atoms with E-state index >= 15 is 0 Å². The van der Waals surface area contributed by atoms with Crippen LogP contribution in [0.2, 0.25) is 0 Å². The molecule has 138 valence electrons. The lowest BCUT2D eigenvalue weighted by molar-refractivity contribution is -0.150. The quantitative estimate of drug-likeness (QED) is 0.761. The Labute approximate surface area is 145 Å². The molecule has 0 unspecified atom stereocenters. The summed E-state index contributed by atoms with van der Waals surface area (Å²) in [5.74, 6) is -0.448.